The van der Waals surface area contributed by atoms with Gasteiger partial charge in [-0.3, -0.25) is 0 Å². The summed E-state index contributed by atoms with van der Waals surface area (Å²) in [5.41, 5.74) is 4.72. The molecule has 0 atom stereocenters. The SMILES string of the molecule is Oc1ccccc1Cc1ccc(O)c(Cc2ccccc2O)c1Cc1ccccc1O. The average Bonchev–Trinajstić information content (AvgIpc) is 2.76. The fraction of sp³-hybridized carbons (Fsp3) is 0.111. The molecule has 0 saturated carbocycles. The van der Waals surface area contributed by atoms with Gasteiger partial charge in [0.1, 0.15) is 23.0 Å². The standard InChI is InChI=1S/C27H24O4/c28-24-10-4-1-7-19(24)15-18-13-14-27(31)23(17-21-9-3-6-12-26(21)30)22(18)16-20-8-2-5-11-25(20)29/h1-14,28-31H,15-17H2. The highest BCUT2D eigenvalue weighted by atomic mass is 16.3. The Kier molecular flexibility index (Phi) is 5.80. The van der Waals surface area contributed by atoms with Crippen molar-refractivity contribution in [2.75, 3.05) is 0 Å². The zero-order chi connectivity index (χ0) is 21.8. The summed E-state index contributed by atoms with van der Waals surface area (Å²) in [6.45, 7) is 0. The van der Waals surface area contributed by atoms with Crippen molar-refractivity contribution in [2.24, 2.45) is 0 Å². The molecule has 0 amide bonds. The number of rotatable bonds is 6. The molecule has 0 unspecified atom stereocenters. The van der Waals surface area contributed by atoms with E-state index in [1.54, 1.807) is 42.5 Å². The topological polar surface area (TPSA) is 80.9 Å². The fourth-order valence-corrected chi connectivity index (χ4v) is 3.88. The van der Waals surface area contributed by atoms with Crippen LogP contribution in [-0.2, 0) is 19.3 Å². The molecule has 0 bridgehead atoms. The lowest BCUT2D eigenvalue weighted by molar-refractivity contribution is 0.460. The zero-order valence-electron chi connectivity index (χ0n) is 17.0. The maximum Gasteiger partial charge on any atom is 0.119 e. The van der Waals surface area contributed by atoms with E-state index in [1.807, 2.05) is 42.5 Å². The smallest absolute Gasteiger partial charge is 0.119 e. The van der Waals surface area contributed by atoms with Crippen LogP contribution in [0.25, 0.3) is 0 Å². The van der Waals surface area contributed by atoms with E-state index in [0.29, 0.717) is 30.4 Å². The molecular formula is C27H24O4. The molecule has 0 heterocycles. The van der Waals surface area contributed by atoms with Gasteiger partial charge in [-0.2, -0.15) is 0 Å². The van der Waals surface area contributed by atoms with Crippen molar-refractivity contribution in [1.82, 2.24) is 0 Å². The molecule has 31 heavy (non-hydrogen) atoms. The van der Waals surface area contributed by atoms with Gasteiger partial charge in [-0.25, -0.2) is 0 Å². The van der Waals surface area contributed by atoms with E-state index in [1.165, 1.54) is 0 Å². The molecule has 0 spiro atoms. The predicted octanol–water partition coefficient (Wildman–Crippen LogP) is 5.28. The summed E-state index contributed by atoms with van der Waals surface area (Å²) < 4.78 is 0. The molecule has 4 heteroatoms. The summed E-state index contributed by atoms with van der Waals surface area (Å²) in [4.78, 5) is 0. The molecule has 0 radical (unpaired) electrons. The first-order valence-electron chi connectivity index (χ1n) is 10.2. The molecule has 0 fully saturated rings. The van der Waals surface area contributed by atoms with E-state index in [0.717, 1.165) is 22.3 Å². The number of aromatic hydroxyl groups is 4. The maximum atomic E-state index is 10.7. The Hall–Kier alpha value is -3.92. The van der Waals surface area contributed by atoms with Crippen molar-refractivity contribution in [1.29, 1.82) is 0 Å². The second-order valence-electron chi connectivity index (χ2n) is 7.62. The monoisotopic (exact) mass is 412 g/mol. The molecule has 4 rings (SSSR count). The van der Waals surface area contributed by atoms with Gasteiger partial charge in [0, 0.05) is 24.8 Å². The summed E-state index contributed by atoms with van der Waals surface area (Å²) in [5.74, 6) is 0.704. The molecule has 0 aliphatic rings. The average molecular weight is 412 g/mol. The lowest BCUT2D eigenvalue weighted by Gasteiger charge is -2.18. The van der Waals surface area contributed by atoms with Crippen LogP contribution in [0.2, 0.25) is 0 Å². The van der Waals surface area contributed by atoms with Crippen LogP contribution in [0.5, 0.6) is 23.0 Å². The summed E-state index contributed by atoms with van der Waals surface area (Å²) in [6, 6.07) is 24.9. The van der Waals surface area contributed by atoms with Gasteiger partial charge in [0.05, 0.1) is 0 Å². The summed E-state index contributed by atoms with van der Waals surface area (Å²) in [7, 11) is 0. The Morgan fingerprint density at radius 3 is 1.26 bits per heavy atom. The first-order chi connectivity index (χ1) is 15.0. The van der Waals surface area contributed by atoms with Crippen molar-refractivity contribution in [3.05, 3.63) is 118 Å². The minimum Gasteiger partial charge on any atom is -0.508 e. The van der Waals surface area contributed by atoms with E-state index < -0.39 is 0 Å². The molecule has 4 N–H and O–H groups in total. The Labute approximate surface area is 181 Å². The number of benzene rings is 4. The normalized spacial score (nSPS) is 10.8. The van der Waals surface area contributed by atoms with E-state index in [-0.39, 0.29) is 23.0 Å². The summed E-state index contributed by atoms with van der Waals surface area (Å²) in [5, 5.41) is 41.6. The van der Waals surface area contributed by atoms with Crippen LogP contribution in [0.15, 0.2) is 84.9 Å². The Morgan fingerprint density at radius 2 is 0.774 bits per heavy atom. The van der Waals surface area contributed by atoms with Gasteiger partial charge in [0.25, 0.3) is 0 Å². The minimum absolute atomic E-state index is 0.134. The van der Waals surface area contributed by atoms with Gasteiger partial charge in [-0.05, 0) is 52.1 Å². The van der Waals surface area contributed by atoms with Gasteiger partial charge < -0.3 is 20.4 Å². The quantitative estimate of drug-likeness (QED) is 0.347. The lowest BCUT2D eigenvalue weighted by Crippen LogP contribution is -2.04. The third kappa shape index (κ3) is 4.48. The van der Waals surface area contributed by atoms with Crippen LogP contribution in [-0.4, -0.2) is 20.4 Å². The zero-order valence-corrected chi connectivity index (χ0v) is 17.0. The largest absolute Gasteiger partial charge is 0.508 e. The van der Waals surface area contributed by atoms with E-state index >= 15 is 0 Å². The first kappa shape index (κ1) is 20.4. The van der Waals surface area contributed by atoms with Crippen molar-refractivity contribution in [3.8, 4) is 23.0 Å². The van der Waals surface area contributed by atoms with Crippen LogP contribution in [0.4, 0.5) is 0 Å². The molecule has 0 aliphatic heterocycles. The third-order valence-electron chi connectivity index (χ3n) is 5.59. The Balaban J connectivity index is 1.83. The summed E-state index contributed by atoms with van der Waals surface area (Å²) >= 11 is 0. The number of para-hydroxylation sites is 3. The van der Waals surface area contributed by atoms with E-state index in [4.69, 9.17) is 0 Å². The number of hydrogen-bond donors (Lipinski definition) is 4. The fourth-order valence-electron chi connectivity index (χ4n) is 3.88. The number of phenolic OH excluding ortho intramolecular Hbond substituents is 4. The van der Waals surface area contributed by atoms with Gasteiger partial charge in [-0.15, -0.1) is 0 Å². The van der Waals surface area contributed by atoms with Crippen molar-refractivity contribution in [3.63, 3.8) is 0 Å². The highest BCUT2D eigenvalue weighted by Crippen LogP contribution is 2.34. The van der Waals surface area contributed by atoms with Crippen molar-refractivity contribution >= 4 is 0 Å². The highest BCUT2D eigenvalue weighted by Gasteiger charge is 2.18. The Bertz CT molecular complexity index is 1210. The lowest BCUT2D eigenvalue weighted by atomic mass is 9.87. The number of phenols is 4. The Morgan fingerprint density at radius 1 is 0.355 bits per heavy atom. The molecule has 0 aliphatic carbocycles. The minimum atomic E-state index is 0.134. The summed E-state index contributed by atoms with van der Waals surface area (Å²) in [6.07, 6.45) is 1.23. The van der Waals surface area contributed by atoms with Crippen LogP contribution >= 0.6 is 0 Å². The van der Waals surface area contributed by atoms with Crippen LogP contribution in [0.3, 0.4) is 0 Å². The first-order valence-corrected chi connectivity index (χ1v) is 10.2. The maximum absolute atomic E-state index is 10.7. The van der Waals surface area contributed by atoms with Crippen LogP contribution in [0, 0.1) is 0 Å². The molecule has 156 valence electrons. The molecule has 4 nitrogen and oxygen atoms in total. The molecule has 0 aromatic heterocycles. The van der Waals surface area contributed by atoms with Gasteiger partial charge >= 0.3 is 0 Å². The second kappa shape index (κ2) is 8.84. The van der Waals surface area contributed by atoms with Crippen molar-refractivity contribution in [2.45, 2.75) is 19.3 Å². The third-order valence-corrected chi connectivity index (χ3v) is 5.59. The van der Waals surface area contributed by atoms with Gasteiger partial charge in [0.15, 0.2) is 0 Å². The van der Waals surface area contributed by atoms with Gasteiger partial charge in [0.2, 0.25) is 0 Å². The highest BCUT2D eigenvalue weighted by molar-refractivity contribution is 5.53. The molecule has 4 aromatic carbocycles. The molecule has 4 aromatic rings. The number of hydrogen-bond acceptors (Lipinski definition) is 4. The van der Waals surface area contributed by atoms with Crippen LogP contribution in [0.1, 0.15) is 33.4 Å². The van der Waals surface area contributed by atoms with Crippen LogP contribution < -0.4 is 0 Å². The van der Waals surface area contributed by atoms with E-state index in [2.05, 4.69) is 0 Å². The second-order valence-corrected chi connectivity index (χ2v) is 7.62. The predicted molar refractivity (Wildman–Crippen MR) is 121 cm³/mol. The van der Waals surface area contributed by atoms with Gasteiger partial charge in [-0.1, -0.05) is 60.7 Å². The van der Waals surface area contributed by atoms with E-state index in [9.17, 15) is 20.4 Å². The molecule has 0 saturated heterocycles. The molecular weight excluding hydrogens is 388 g/mol. The van der Waals surface area contributed by atoms with Crippen molar-refractivity contribution < 1.29 is 20.4 Å².